The van der Waals surface area contributed by atoms with Crippen LogP contribution in [0.1, 0.15) is 48.0 Å². The minimum absolute atomic E-state index is 0.173. The predicted molar refractivity (Wildman–Crippen MR) is 93.5 cm³/mol. The van der Waals surface area contributed by atoms with E-state index in [1.807, 2.05) is 0 Å². The number of hydrogen-bond donors (Lipinski definition) is 2. The Bertz CT molecular complexity index is 424. The van der Waals surface area contributed by atoms with Gasteiger partial charge in [-0.2, -0.15) is 0 Å². The van der Waals surface area contributed by atoms with Gasteiger partial charge in [-0.1, -0.05) is 18.1 Å². The van der Waals surface area contributed by atoms with E-state index in [1.54, 1.807) is 0 Å². The fourth-order valence-electron chi connectivity index (χ4n) is 2.73. The summed E-state index contributed by atoms with van der Waals surface area (Å²) in [6.07, 6.45) is 1.04. The van der Waals surface area contributed by atoms with E-state index in [1.165, 1.54) is 22.3 Å². The topological polar surface area (TPSA) is 81.8 Å². The third-order valence-electron chi connectivity index (χ3n) is 4.72. The molecule has 0 radical (unpaired) electrons. The summed E-state index contributed by atoms with van der Waals surface area (Å²) in [5.74, 6) is -0.833. The van der Waals surface area contributed by atoms with Crippen LogP contribution in [0.4, 0.5) is 0 Å². The highest BCUT2D eigenvalue weighted by Crippen LogP contribution is 2.48. The molecule has 0 fully saturated rings. The van der Waals surface area contributed by atoms with Crippen molar-refractivity contribution >= 4 is 5.97 Å². The van der Waals surface area contributed by atoms with Crippen LogP contribution in [0.15, 0.2) is 22.3 Å². The van der Waals surface area contributed by atoms with Crippen LogP contribution in [0.2, 0.25) is 0 Å². The minimum Gasteiger partial charge on any atom is -0.481 e. The lowest BCUT2D eigenvalue weighted by Gasteiger charge is -2.29. The minimum atomic E-state index is -0.833. The van der Waals surface area contributed by atoms with E-state index >= 15 is 0 Å². The van der Waals surface area contributed by atoms with Gasteiger partial charge in [-0.05, 0) is 45.3 Å². The maximum atomic E-state index is 9.00. The van der Waals surface area contributed by atoms with Gasteiger partial charge in [-0.15, -0.1) is 0 Å². The Balaban J connectivity index is 0.00000108. The summed E-state index contributed by atoms with van der Waals surface area (Å²) in [6, 6.07) is 0. The molecule has 0 spiro atoms. The number of carboxylic acids is 1. The van der Waals surface area contributed by atoms with Gasteiger partial charge in [-0.25, -0.2) is 0 Å². The zero-order valence-corrected chi connectivity index (χ0v) is 15.5. The number of nitrogens with two attached hydrogens (primary N) is 1. The number of carbonyl (C=O) groups is 1. The Morgan fingerprint density at radius 1 is 1.00 bits per heavy atom. The van der Waals surface area contributed by atoms with E-state index in [4.69, 9.17) is 25.1 Å². The molecule has 0 aliphatic heterocycles. The van der Waals surface area contributed by atoms with Gasteiger partial charge in [-0.3, -0.25) is 4.79 Å². The number of allylic oxidation sites excluding steroid dienone is 4. The highest BCUT2D eigenvalue weighted by Gasteiger charge is 2.35. The van der Waals surface area contributed by atoms with Gasteiger partial charge < -0.3 is 20.3 Å². The summed E-state index contributed by atoms with van der Waals surface area (Å²) in [5, 5.41) is 7.42. The summed E-state index contributed by atoms with van der Waals surface area (Å²) in [5.41, 5.74) is 11.4. The third kappa shape index (κ3) is 6.85. The van der Waals surface area contributed by atoms with Gasteiger partial charge in [0.25, 0.3) is 5.97 Å². The average Bonchev–Trinajstić information content (AvgIpc) is 2.62. The maximum Gasteiger partial charge on any atom is 0.300 e. The molecule has 1 aliphatic carbocycles. The summed E-state index contributed by atoms with van der Waals surface area (Å²) in [4.78, 5) is 9.00. The first kappa shape index (κ1) is 21.8. The maximum absolute atomic E-state index is 9.00. The van der Waals surface area contributed by atoms with Crippen molar-refractivity contribution in [3.8, 4) is 0 Å². The molecule has 134 valence electrons. The molecule has 3 N–H and O–H groups in total. The van der Waals surface area contributed by atoms with E-state index in [-0.39, 0.29) is 5.41 Å². The van der Waals surface area contributed by atoms with E-state index in [0.29, 0.717) is 26.4 Å². The molecule has 0 atom stereocenters. The lowest BCUT2D eigenvalue weighted by atomic mass is 9.77. The van der Waals surface area contributed by atoms with Gasteiger partial charge in [0.1, 0.15) is 0 Å². The van der Waals surface area contributed by atoms with Crippen molar-refractivity contribution in [2.45, 2.75) is 48.0 Å². The fraction of sp³-hybridized carbons (Fsp3) is 0.722. The molecule has 5 nitrogen and oxygen atoms in total. The molecular weight excluding hydrogens is 294 g/mol. The van der Waals surface area contributed by atoms with E-state index in [0.717, 1.165) is 20.0 Å². The van der Waals surface area contributed by atoms with E-state index < -0.39 is 5.97 Å². The first-order valence-electron chi connectivity index (χ1n) is 8.09. The zero-order valence-electron chi connectivity index (χ0n) is 15.5. The van der Waals surface area contributed by atoms with Gasteiger partial charge in [0.05, 0.1) is 19.8 Å². The summed E-state index contributed by atoms with van der Waals surface area (Å²) < 4.78 is 11.0. The Kier molecular flexibility index (Phi) is 10.0. The van der Waals surface area contributed by atoms with Gasteiger partial charge in [0.2, 0.25) is 0 Å². The SMILES string of the molecule is CC(=O)O.CC1=C(C)C(C)(CCOCCOCCN)C(C)=C1C. The van der Waals surface area contributed by atoms with Crippen LogP contribution in [0.25, 0.3) is 0 Å². The predicted octanol–water partition coefficient (Wildman–Crippen LogP) is 3.15. The van der Waals surface area contributed by atoms with Crippen molar-refractivity contribution in [3.05, 3.63) is 22.3 Å². The molecule has 0 aromatic heterocycles. The molecule has 5 heteroatoms. The van der Waals surface area contributed by atoms with Crippen molar-refractivity contribution in [1.29, 1.82) is 0 Å². The van der Waals surface area contributed by atoms with Crippen LogP contribution >= 0.6 is 0 Å². The molecule has 0 unspecified atom stereocenters. The van der Waals surface area contributed by atoms with Crippen molar-refractivity contribution in [3.63, 3.8) is 0 Å². The van der Waals surface area contributed by atoms with Crippen LogP contribution in [-0.2, 0) is 14.3 Å². The van der Waals surface area contributed by atoms with E-state index in [2.05, 4.69) is 34.6 Å². The molecule has 0 amide bonds. The first-order valence-corrected chi connectivity index (χ1v) is 8.09. The van der Waals surface area contributed by atoms with Crippen molar-refractivity contribution in [2.24, 2.45) is 11.1 Å². The lowest BCUT2D eigenvalue weighted by molar-refractivity contribution is -0.134. The largest absolute Gasteiger partial charge is 0.481 e. The van der Waals surface area contributed by atoms with Crippen LogP contribution in [0.5, 0.6) is 0 Å². The second kappa shape index (κ2) is 10.6. The summed E-state index contributed by atoms with van der Waals surface area (Å²) in [7, 11) is 0. The van der Waals surface area contributed by atoms with Gasteiger partial charge in [0, 0.05) is 25.5 Å². The van der Waals surface area contributed by atoms with Crippen LogP contribution in [0.3, 0.4) is 0 Å². The van der Waals surface area contributed by atoms with Crippen LogP contribution in [0, 0.1) is 5.41 Å². The number of aliphatic carboxylic acids is 1. The molecule has 0 heterocycles. The molecule has 1 rings (SSSR count). The molecule has 0 bridgehead atoms. The molecule has 0 aromatic rings. The van der Waals surface area contributed by atoms with Crippen molar-refractivity contribution in [1.82, 2.24) is 0 Å². The molecule has 0 saturated carbocycles. The quantitative estimate of drug-likeness (QED) is 0.669. The highest BCUT2D eigenvalue weighted by atomic mass is 16.5. The van der Waals surface area contributed by atoms with Crippen molar-refractivity contribution < 1.29 is 19.4 Å². The number of ether oxygens (including phenoxy) is 2. The Labute approximate surface area is 140 Å². The molecule has 1 aliphatic rings. The molecular formula is C18H33NO4. The second-order valence-corrected chi connectivity index (χ2v) is 6.11. The standard InChI is InChI=1S/C16H29NO2.C2H4O2/c1-12-13(2)15(4)16(5,14(12)3)6-8-18-10-11-19-9-7-17;1-2(3)4/h6-11,17H2,1-5H3;1H3,(H,3,4). The average molecular weight is 327 g/mol. The summed E-state index contributed by atoms with van der Waals surface area (Å²) >= 11 is 0. The van der Waals surface area contributed by atoms with Crippen LogP contribution < -0.4 is 5.73 Å². The molecule has 0 aromatic carbocycles. The van der Waals surface area contributed by atoms with Gasteiger partial charge >= 0.3 is 0 Å². The smallest absolute Gasteiger partial charge is 0.300 e. The van der Waals surface area contributed by atoms with Crippen molar-refractivity contribution in [2.75, 3.05) is 33.0 Å². The summed E-state index contributed by atoms with van der Waals surface area (Å²) in [6.45, 7) is 15.6. The number of carboxylic acid groups (broad SMARTS) is 1. The third-order valence-corrected chi connectivity index (χ3v) is 4.72. The number of rotatable bonds is 8. The zero-order chi connectivity index (χ0) is 18.0. The normalized spacial score (nSPS) is 16.5. The van der Waals surface area contributed by atoms with E-state index in [9.17, 15) is 0 Å². The Hall–Kier alpha value is -1.17. The second-order valence-electron chi connectivity index (χ2n) is 6.11. The lowest BCUT2D eigenvalue weighted by Crippen LogP contribution is -2.21. The molecule has 0 saturated heterocycles. The first-order chi connectivity index (χ1) is 10.7. The Morgan fingerprint density at radius 3 is 1.78 bits per heavy atom. The fourth-order valence-corrected chi connectivity index (χ4v) is 2.73. The highest BCUT2D eigenvalue weighted by molar-refractivity contribution is 5.62. The monoisotopic (exact) mass is 327 g/mol. The Morgan fingerprint density at radius 2 is 1.39 bits per heavy atom. The van der Waals surface area contributed by atoms with Crippen LogP contribution in [-0.4, -0.2) is 44.0 Å². The van der Waals surface area contributed by atoms with Gasteiger partial charge in [0.15, 0.2) is 0 Å². The number of hydrogen-bond acceptors (Lipinski definition) is 4. The molecule has 23 heavy (non-hydrogen) atoms.